The van der Waals surface area contributed by atoms with Gasteiger partial charge in [-0.05, 0) is 23.6 Å². The molecule has 0 spiro atoms. The van der Waals surface area contributed by atoms with Crippen LogP contribution in [0.1, 0.15) is 21.3 Å². The van der Waals surface area contributed by atoms with Crippen LogP contribution in [0.2, 0.25) is 0 Å². The van der Waals surface area contributed by atoms with Crippen LogP contribution in [0.3, 0.4) is 0 Å². The van der Waals surface area contributed by atoms with Gasteiger partial charge in [0.25, 0.3) is 0 Å². The molecule has 1 aromatic heterocycles. The second kappa shape index (κ2) is 8.27. The lowest BCUT2D eigenvalue weighted by atomic mass is 9.78. The van der Waals surface area contributed by atoms with E-state index in [0.29, 0.717) is 0 Å². The number of ether oxygens (including phenoxy) is 3. The maximum Gasteiger partial charge on any atom is 0.437 e. The molecule has 0 bridgehead atoms. The van der Waals surface area contributed by atoms with Crippen molar-refractivity contribution in [3.8, 4) is 17.2 Å². The average Bonchev–Trinajstić information content (AvgIpc) is 3.25. The fraction of sp³-hybridized carbons (Fsp3) is 0.368. The third-order valence-corrected chi connectivity index (χ3v) is 5.81. The Morgan fingerprint density at radius 3 is 2.32 bits per heavy atom. The Bertz CT molecular complexity index is 982. The molecule has 1 aliphatic rings. The number of alkyl halides is 3. The normalized spacial score (nSPS) is 23.5. The Morgan fingerprint density at radius 1 is 1.13 bits per heavy atom. The van der Waals surface area contributed by atoms with E-state index < -0.39 is 35.7 Å². The lowest BCUT2D eigenvalue weighted by molar-refractivity contribution is -0.287. The van der Waals surface area contributed by atoms with Gasteiger partial charge in [-0.1, -0.05) is 6.07 Å². The summed E-state index contributed by atoms with van der Waals surface area (Å²) in [6.45, 7) is 0. The molecule has 1 fully saturated rings. The van der Waals surface area contributed by atoms with Crippen molar-refractivity contribution in [3.63, 3.8) is 0 Å². The zero-order chi connectivity index (χ0) is 23.0. The molecule has 8 nitrogen and oxygen atoms in total. The number of Topliss-reactive ketones (excluding diaryl/α,β-unsaturated/α-hetero) is 1. The first-order valence-corrected chi connectivity index (χ1v) is 9.71. The summed E-state index contributed by atoms with van der Waals surface area (Å²) in [6.07, 6.45) is -5.36. The number of aliphatic hydroxyl groups is 1. The molecule has 3 atom stereocenters. The average molecular weight is 460 g/mol. The number of carbonyl (C=O) groups is 2. The summed E-state index contributed by atoms with van der Waals surface area (Å²) >= 11 is 0.913. The lowest BCUT2D eigenvalue weighted by Crippen LogP contribution is -2.72. The SMILES string of the molecule is COc1ccc([C@H]2NC(=O)N[C@](O)(C(F)(F)F)[C@@H]2C(=O)c2cccs2)c(OC)c1OC. The van der Waals surface area contributed by atoms with E-state index in [1.165, 1.54) is 56.3 Å². The minimum absolute atomic E-state index is 0.00687. The highest BCUT2D eigenvalue weighted by Crippen LogP contribution is 2.49. The second-order valence-electron chi connectivity index (χ2n) is 6.58. The van der Waals surface area contributed by atoms with Crippen LogP contribution in [0.25, 0.3) is 0 Å². The van der Waals surface area contributed by atoms with E-state index in [2.05, 4.69) is 5.32 Å². The molecule has 1 aromatic carbocycles. The standard InChI is InChI=1S/C19H19F3N2O6S/c1-28-10-7-6-9(15(29-2)16(10)30-3)13-12(14(25)11-5-4-8-31-11)18(27,19(20,21)22)24-17(26)23-13/h4-8,12-13,27H,1-3H3,(H2,23,24,26)/t12-,13+,18+/m0/s1. The van der Waals surface area contributed by atoms with Gasteiger partial charge in [-0.2, -0.15) is 13.2 Å². The molecule has 2 amide bonds. The summed E-state index contributed by atoms with van der Waals surface area (Å²) in [7, 11) is 3.90. The Hall–Kier alpha value is -2.99. The largest absolute Gasteiger partial charge is 0.493 e. The monoisotopic (exact) mass is 460 g/mol. The number of halogens is 3. The maximum absolute atomic E-state index is 14.0. The first kappa shape index (κ1) is 22.7. The summed E-state index contributed by atoms with van der Waals surface area (Å²) in [6, 6.07) is 2.64. The number of amides is 2. The number of thiophene rings is 1. The molecule has 0 unspecified atom stereocenters. The van der Waals surface area contributed by atoms with Gasteiger partial charge in [0.05, 0.1) is 32.2 Å². The summed E-state index contributed by atoms with van der Waals surface area (Å²) in [5, 5.41) is 15.9. The van der Waals surface area contributed by atoms with Crippen molar-refractivity contribution in [2.24, 2.45) is 5.92 Å². The van der Waals surface area contributed by atoms with E-state index >= 15 is 0 Å². The molecular formula is C19H19F3N2O6S. The minimum atomic E-state index is -5.36. The van der Waals surface area contributed by atoms with Gasteiger partial charge in [0, 0.05) is 5.56 Å². The van der Waals surface area contributed by atoms with Gasteiger partial charge >= 0.3 is 12.2 Å². The van der Waals surface area contributed by atoms with Crippen molar-refractivity contribution in [3.05, 3.63) is 40.1 Å². The van der Waals surface area contributed by atoms with Gasteiger partial charge in [-0.15, -0.1) is 11.3 Å². The zero-order valence-electron chi connectivity index (χ0n) is 16.6. The summed E-state index contributed by atoms with van der Waals surface area (Å²) in [4.78, 5) is 25.3. The minimum Gasteiger partial charge on any atom is -0.493 e. The molecular weight excluding hydrogens is 441 g/mol. The van der Waals surface area contributed by atoms with Gasteiger partial charge in [0.15, 0.2) is 17.3 Å². The Labute approximate surface area is 178 Å². The highest BCUT2D eigenvalue weighted by atomic mass is 32.1. The van der Waals surface area contributed by atoms with E-state index in [1.807, 2.05) is 0 Å². The number of hydrogen-bond acceptors (Lipinski definition) is 7. The van der Waals surface area contributed by atoms with E-state index in [1.54, 1.807) is 0 Å². The van der Waals surface area contributed by atoms with Gasteiger partial charge in [-0.25, -0.2) is 4.79 Å². The molecule has 1 saturated heterocycles. The summed E-state index contributed by atoms with van der Waals surface area (Å²) in [5.74, 6) is -2.97. The van der Waals surface area contributed by atoms with Crippen molar-refractivity contribution in [2.75, 3.05) is 21.3 Å². The second-order valence-corrected chi connectivity index (χ2v) is 7.53. The number of ketones is 1. The number of urea groups is 1. The summed E-state index contributed by atoms with van der Waals surface area (Å²) < 4.78 is 57.7. The van der Waals surface area contributed by atoms with Gasteiger partial charge < -0.3 is 30.0 Å². The predicted octanol–water partition coefficient (Wildman–Crippen LogP) is 2.88. The van der Waals surface area contributed by atoms with Crippen LogP contribution in [0, 0.1) is 5.92 Å². The van der Waals surface area contributed by atoms with Crippen molar-refractivity contribution in [1.29, 1.82) is 0 Å². The molecule has 0 radical (unpaired) electrons. The Kier molecular flexibility index (Phi) is 6.05. The number of benzene rings is 1. The van der Waals surface area contributed by atoms with Crippen LogP contribution in [0.15, 0.2) is 29.6 Å². The highest BCUT2D eigenvalue weighted by molar-refractivity contribution is 7.12. The number of methoxy groups -OCH3 is 3. The first-order valence-electron chi connectivity index (χ1n) is 8.83. The van der Waals surface area contributed by atoms with Crippen LogP contribution < -0.4 is 24.8 Å². The van der Waals surface area contributed by atoms with E-state index in [4.69, 9.17) is 14.2 Å². The molecule has 3 rings (SSSR count). The fourth-order valence-corrected chi connectivity index (χ4v) is 4.24. The molecule has 31 heavy (non-hydrogen) atoms. The van der Waals surface area contributed by atoms with E-state index in [-0.39, 0.29) is 27.7 Å². The Balaban J connectivity index is 2.26. The van der Waals surface area contributed by atoms with E-state index in [0.717, 1.165) is 11.3 Å². The predicted molar refractivity (Wildman–Crippen MR) is 104 cm³/mol. The maximum atomic E-state index is 14.0. The summed E-state index contributed by atoms with van der Waals surface area (Å²) in [5.41, 5.74) is -3.84. The topological polar surface area (TPSA) is 106 Å². The van der Waals surface area contributed by atoms with Crippen molar-refractivity contribution < 1.29 is 42.1 Å². The molecule has 2 heterocycles. The highest BCUT2D eigenvalue weighted by Gasteiger charge is 2.66. The van der Waals surface area contributed by atoms with Crippen molar-refractivity contribution in [2.45, 2.75) is 17.9 Å². The van der Waals surface area contributed by atoms with Gasteiger partial charge in [0.1, 0.15) is 5.92 Å². The molecule has 12 heteroatoms. The van der Waals surface area contributed by atoms with Gasteiger partial charge in [-0.3, -0.25) is 4.79 Å². The Morgan fingerprint density at radius 2 is 1.81 bits per heavy atom. The lowest BCUT2D eigenvalue weighted by Gasteiger charge is -2.45. The number of nitrogens with one attached hydrogen (secondary N) is 2. The van der Waals surface area contributed by atoms with Crippen LogP contribution >= 0.6 is 11.3 Å². The first-order chi connectivity index (χ1) is 14.6. The van der Waals surface area contributed by atoms with Crippen LogP contribution in [0.4, 0.5) is 18.0 Å². The molecule has 0 aliphatic carbocycles. The number of rotatable bonds is 6. The third kappa shape index (κ3) is 3.76. The molecule has 3 N–H and O–H groups in total. The molecule has 2 aromatic rings. The quantitative estimate of drug-likeness (QED) is 0.573. The zero-order valence-corrected chi connectivity index (χ0v) is 17.4. The van der Waals surface area contributed by atoms with Crippen molar-refractivity contribution in [1.82, 2.24) is 10.6 Å². The number of carbonyl (C=O) groups excluding carboxylic acids is 2. The molecule has 1 aliphatic heterocycles. The van der Waals surface area contributed by atoms with Crippen LogP contribution in [-0.4, -0.2) is 50.2 Å². The third-order valence-electron chi connectivity index (χ3n) is 4.92. The smallest absolute Gasteiger partial charge is 0.437 e. The number of hydrogen-bond donors (Lipinski definition) is 3. The van der Waals surface area contributed by atoms with Gasteiger partial charge in [0.2, 0.25) is 11.5 Å². The molecule has 168 valence electrons. The van der Waals surface area contributed by atoms with Crippen molar-refractivity contribution >= 4 is 23.2 Å². The molecule has 0 saturated carbocycles. The van der Waals surface area contributed by atoms with Crippen LogP contribution in [0.5, 0.6) is 17.2 Å². The fourth-order valence-electron chi connectivity index (χ4n) is 3.54. The van der Waals surface area contributed by atoms with Crippen LogP contribution in [-0.2, 0) is 0 Å². The van der Waals surface area contributed by atoms with E-state index in [9.17, 15) is 27.9 Å².